The first-order chi connectivity index (χ1) is 8.24. The van der Waals surface area contributed by atoms with Crippen molar-refractivity contribution in [3.05, 3.63) is 22.4 Å². The van der Waals surface area contributed by atoms with Crippen LogP contribution in [0.2, 0.25) is 0 Å². The van der Waals surface area contributed by atoms with E-state index < -0.39 is 0 Å². The van der Waals surface area contributed by atoms with Gasteiger partial charge in [0.25, 0.3) is 0 Å². The van der Waals surface area contributed by atoms with Gasteiger partial charge in [0.15, 0.2) is 0 Å². The van der Waals surface area contributed by atoms with Crippen LogP contribution in [0.25, 0.3) is 0 Å². The van der Waals surface area contributed by atoms with Gasteiger partial charge in [0.1, 0.15) is 0 Å². The predicted molar refractivity (Wildman–Crippen MR) is 77.5 cm³/mol. The third kappa shape index (κ3) is 4.09. The number of thiophene rings is 1. The van der Waals surface area contributed by atoms with Crippen molar-refractivity contribution in [3.63, 3.8) is 0 Å². The lowest BCUT2D eigenvalue weighted by atomic mass is 9.98. The molecule has 3 heteroatoms. The smallest absolute Gasteiger partial charge is 0.0507 e. The van der Waals surface area contributed by atoms with Crippen LogP contribution in [-0.2, 0) is 0 Å². The normalized spacial score (nSPS) is 15.1. The lowest BCUT2D eigenvalue weighted by Gasteiger charge is -2.34. The van der Waals surface area contributed by atoms with Gasteiger partial charge in [-0.25, -0.2) is 0 Å². The maximum absolute atomic E-state index is 6.33. The molecule has 0 fully saturated rings. The van der Waals surface area contributed by atoms with E-state index in [4.69, 9.17) is 5.73 Å². The van der Waals surface area contributed by atoms with Gasteiger partial charge in [-0.2, -0.15) is 11.3 Å². The summed E-state index contributed by atoms with van der Waals surface area (Å²) < 4.78 is 0. The number of hydrogen-bond acceptors (Lipinski definition) is 3. The highest BCUT2D eigenvalue weighted by molar-refractivity contribution is 7.07. The predicted octanol–water partition coefficient (Wildman–Crippen LogP) is 3.65. The number of hydrogen-bond donors (Lipinski definition) is 1. The Kier molecular flexibility index (Phi) is 6.78. The Morgan fingerprint density at radius 1 is 1.24 bits per heavy atom. The van der Waals surface area contributed by atoms with Crippen LogP contribution in [0.5, 0.6) is 0 Å². The van der Waals surface area contributed by atoms with E-state index in [2.05, 4.69) is 42.5 Å². The summed E-state index contributed by atoms with van der Waals surface area (Å²) in [5, 5.41) is 4.40. The molecule has 2 nitrogen and oxygen atoms in total. The lowest BCUT2D eigenvalue weighted by molar-refractivity contribution is 0.169. The molecular formula is C14H26N2S. The summed E-state index contributed by atoms with van der Waals surface area (Å²) >= 11 is 1.77. The molecule has 1 heterocycles. The number of nitrogens with two attached hydrogens (primary N) is 1. The molecule has 0 amide bonds. The SMILES string of the molecule is CCCN(CCC)C(c1ccsc1)C(N)CC. The fourth-order valence-corrected chi connectivity index (χ4v) is 3.05. The minimum Gasteiger partial charge on any atom is -0.326 e. The van der Waals surface area contributed by atoms with E-state index in [1.54, 1.807) is 11.3 Å². The zero-order chi connectivity index (χ0) is 12.7. The first kappa shape index (κ1) is 14.7. The van der Waals surface area contributed by atoms with E-state index in [0.717, 1.165) is 19.5 Å². The average molecular weight is 254 g/mol. The van der Waals surface area contributed by atoms with Crippen molar-refractivity contribution in [2.75, 3.05) is 13.1 Å². The van der Waals surface area contributed by atoms with Gasteiger partial charge in [-0.05, 0) is 54.7 Å². The summed E-state index contributed by atoms with van der Waals surface area (Å²) in [7, 11) is 0. The Balaban J connectivity index is 2.86. The third-order valence-corrected chi connectivity index (χ3v) is 3.88. The molecule has 1 aromatic rings. The summed E-state index contributed by atoms with van der Waals surface area (Å²) in [6.07, 6.45) is 3.42. The van der Waals surface area contributed by atoms with Crippen LogP contribution in [0.15, 0.2) is 16.8 Å². The molecule has 0 saturated carbocycles. The van der Waals surface area contributed by atoms with Crippen molar-refractivity contribution in [3.8, 4) is 0 Å². The average Bonchev–Trinajstić information content (AvgIpc) is 2.83. The zero-order valence-electron chi connectivity index (χ0n) is 11.4. The first-order valence-electron chi connectivity index (χ1n) is 6.76. The molecule has 2 N–H and O–H groups in total. The van der Waals surface area contributed by atoms with Crippen molar-refractivity contribution in [1.29, 1.82) is 0 Å². The maximum Gasteiger partial charge on any atom is 0.0507 e. The molecule has 0 saturated heterocycles. The fourth-order valence-electron chi connectivity index (χ4n) is 2.36. The Hall–Kier alpha value is -0.380. The van der Waals surface area contributed by atoms with Gasteiger partial charge in [-0.3, -0.25) is 4.90 Å². The van der Waals surface area contributed by atoms with Gasteiger partial charge in [-0.15, -0.1) is 0 Å². The van der Waals surface area contributed by atoms with Crippen molar-refractivity contribution >= 4 is 11.3 Å². The fraction of sp³-hybridized carbons (Fsp3) is 0.714. The van der Waals surface area contributed by atoms with E-state index in [-0.39, 0.29) is 6.04 Å². The Labute approximate surface area is 110 Å². The number of nitrogens with zero attached hydrogens (tertiary/aromatic N) is 1. The van der Waals surface area contributed by atoms with Crippen LogP contribution in [0.1, 0.15) is 51.6 Å². The van der Waals surface area contributed by atoms with E-state index in [0.29, 0.717) is 6.04 Å². The molecule has 0 aliphatic heterocycles. The molecule has 0 radical (unpaired) electrons. The Bertz CT molecular complexity index is 278. The van der Waals surface area contributed by atoms with E-state index >= 15 is 0 Å². The Morgan fingerprint density at radius 2 is 1.88 bits per heavy atom. The quantitative estimate of drug-likeness (QED) is 0.767. The summed E-state index contributed by atoms with van der Waals surface area (Å²) in [6, 6.07) is 2.86. The monoisotopic (exact) mass is 254 g/mol. The van der Waals surface area contributed by atoms with Gasteiger partial charge < -0.3 is 5.73 Å². The van der Waals surface area contributed by atoms with Crippen molar-refractivity contribution in [2.45, 2.75) is 52.1 Å². The highest BCUT2D eigenvalue weighted by atomic mass is 32.1. The molecule has 0 aliphatic rings. The van der Waals surface area contributed by atoms with Gasteiger partial charge in [0.05, 0.1) is 6.04 Å². The third-order valence-electron chi connectivity index (χ3n) is 3.18. The molecule has 0 spiro atoms. The van der Waals surface area contributed by atoms with E-state index in [1.807, 2.05) is 0 Å². The molecule has 17 heavy (non-hydrogen) atoms. The summed E-state index contributed by atoms with van der Waals surface area (Å²) in [4.78, 5) is 2.55. The van der Waals surface area contributed by atoms with Crippen molar-refractivity contribution in [2.24, 2.45) is 5.73 Å². The second-order valence-corrected chi connectivity index (χ2v) is 5.39. The number of rotatable bonds is 8. The molecule has 98 valence electrons. The molecule has 0 aromatic carbocycles. The van der Waals surface area contributed by atoms with E-state index in [9.17, 15) is 0 Å². The maximum atomic E-state index is 6.33. The first-order valence-corrected chi connectivity index (χ1v) is 7.70. The molecule has 1 rings (SSSR count). The van der Waals surface area contributed by atoms with Crippen LogP contribution in [-0.4, -0.2) is 24.0 Å². The second kappa shape index (κ2) is 7.85. The molecule has 0 bridgehead atoms. The molecule has 1 aromatic heterocycles. The highest BCUT2D eigenvalue weighted by Gasteiger charge is 2.24. The van der Waals surface area contributed by atoms with Crippen LogP contribution in [0, 0.1) is 0 Å². The summed E-state index contributed by atoms with van der Waals surface area (Å²) in [5.41, 5.74) is 7.73. The zero-order valence-corrected chi connectivity index (χ0v) is 12.2. The summed E-state index contributed by atoms with van der Waals surface area (Å²) in [6.45, 7) is 8.94. The topological polar surface area (TPSA) is 29.3 Å². The lowest BCUT2D eigenvalue weighted by Crippen LogP contribution is -2.41. The molecular weight excluding hydrogens is 228 g/mol. The van der Waals surface area contributed by atoms with Crippen LogP contribution in [0.4, 0.5) is 0 Å². The molecule has 2 atom stereocenters. The van der Waals surface area contributed by atoms with Crippen molar-refractivity contribution in [1.82, 2.24) is 4.90 Å². The van der Waals surface area contributed by atoms with Crippen LogP contribution < -0.4 is 5.73 Å². The highest BCUT2D eigenvalue weighted by Crippen LogP contribution is 2.27. The molecule has 2 unspecified atom stereocenters. The molecule has 0 aliphatic carbocycles. The minimum absolute atomic E-state index is 0.239. The van der Waals surface area contributed by atoms with Gasteiger partial charge in [-0.1, -0.05) is 20.8 Å². The van der Waals surface area contributed by atoms with Crippen molar-refractivity contribution < 1.29 is 0 Å². The van der Waals surface area contributed by atoms with Gasteiger partial charge in [0.2, 0.25) is 0 Å². The second-order valence-electron chi connectivity index (χ2n) is 4.61. The largest absolute Gasteiger partial charge is 0.326 e. The van der Waals surface area contributed by atoms with Crippen LogP contribution in [0.3, 0.4) is 0 Å². The minimum atomic E-state index is 0.239. The van der Waals surface area contributed by atoms with Gasteiger partial charge >= 0.3 is 0 Å². The van der Waals surface area contributed by atoms with Gasteiger partial charge in [0, 0.05) is 6.04 Å². The van der Waals surface area contributed by atoms with Crippen LogP contribution >= 0.6 is 11.3 Å². The standard InChI is InChI=1S/C14H26N2S/c1-4-8-16(9-5-2)14(13(15)6-3)12-7-10-17-11-12/h7,10-11,13-14H,4-6,8-9,15H2,1-3H3. The summed E-state index contributed by atoms with van der Waals surface area (Å²) in [5.74, 6) is 0. The van der Waals surface area contributed by atoms with E-state index in [1.165, 1.54) is 18.4 Å². The Morgan fingerprint density at radius 3 is 2.29 bits per heavy atom.